The summed E-state index contributed by atoms with van der Waals surface area (Å²) in [5, 5.41) is 4.06. The van der Waals surface area contributed by atoms with Crippen molar-refractivity contribution in [3.63, 3.8) is 0 Å². The third-order valence-electron chi connectivity index (χ3n) is 3.39. The molecule has 1 aromatic heterocycles. The lowest BCUT2D eigenvalue weighted by atomic mass is 10.1. The number of nitrogens with one attached hydrogen (secondary N) is 2. The Morgan fingerprint density at radius 1 is 1.16 bits per heavy atom. The van der Waals surface area contributed by atoms with Crippen LogP contribution in [-0.2, 0) is 0 Å². The third-order valence-corrected chi connectivity index (χ3v) is 3.39. The van der Waals surface area contributed by atoms with Crippen LogP contribution >= 0.6 is 0 Å². The highest BCUT2D eigenvalue weighted by molar-refractivity contribution is 5.97. The molecule has 1 aliphatic rings. The number of rotatable bonds is 1. The summed E-state index contributed by atoms with van der Waals surface area (Å²) >= 11 is 0. The topological polar surface area (TPSA) is 65.2 Å². The second-order valence-electron chi connectivity index (χ2n) is 4.64. The SMILES string of the molecule is O=C(c1cc2ccccc2[nH]c1=O)N1CCNCC1. The van der Waals surface area contributed by atoms with Gasteiger partial charge in [-0.15, -0.1) is 0 Å². The van der Waals surface area contributed by atoms with Gasteiger partial charge in [0, 0.05) is 31.7 Å². The molecule has 19 heavy (non-hydrogen) atoms. The molecule has 5 nitrogen and oxygen atoms in total. The maximum absolute atomic E-state index is 12.3. The first kappa shape index (κ1) is 11.9. The Morgan fingerprint density at radius 2 is 1.89 bits per heavy atom. The summed E-state index contributed by atoms with van der Waals surface area (Å²) in [7, 11) is 0. The van der Waals surface area contributed by atoms with Crippen molar-refractivity contribution in [3.05, 3.63) is 46.2 Å². The fourth-order valence-corrected chi connectivity index (χ4v) is 2.34. The molecule has 1 aliphatic heterocycles. The summed E-state index contributed by atoms with van der Waals surface area (Å²) in [6.45, 7) is 2.84. The van der Waals surface area contributed by atoms with E-state index in [9.17, 15) is 9.59 Å². The predicted octanol–water partition coefficient (Wildman–Crippen LogP) is 0.573. The number of carbonyl (C=O) groups excluding carboxylic acids is 1. The van der Waals surface area contributed by atoms with Crippen LogP contribution in [0.1, 0.15) is 10.4 Å². The summed E-state index contributed by atoms with van der Waals surface area (Å²) < 4.78 is 0. The van der Waals surface area contributed by atoms with E-state index in [4.69, 9.17) is 0 Å². The number of fused-ring (bicyclic) bond motifs is 1. The fourth-order valence-electron chi connectivity index (χ4n) is 2.34. The van der Waals surface area contributed by atoms with Crippen LogP contribution in [-0.4, -0.2) is 42.0 Å². The maximum atomic E-state index is 12.3. The van der Waals surface area contributed by atoms with Gasteiger partial charge in [0.05, 0.1) is 0 Å². The molecule has 1 fully saturated rings. The molecule has 0 spiro atoms. The predicted molar refractivity (Wildman–Crippen MR) is 73.3 cm³/mol. The largest absolute Gasteiger partial charge is 0.336 e. The minimum absolute atomic E-state index is 0.187. The summed E-state index contributed by atoms with van der Waals surface area (Å²) in [5.41, 5.74) is 0.659. The van der Waals surface area contributed by atoms with Crippen LogP contribution in [0.3, 0.4) is 0 Å². The number of aromatic nitrogens is 1. The zero-order valence-electron chi connectivity index (χ0n) is 10.5. The van der Waals surface area contributed by atoms with Crippen molar-refractivity contribution in [2.75, 3.05) is 26.2 Å². The lowest BCUT2D eigenvalue weighted by Gasteiger charge is -2.27. The summed E-state index contributed by atoms with van der Waals surface area (Å²) in [4.78, 5) is 28.8. The zero-order valence-corrected chi connectivity index (χ0v) is 10.5. The van der Waals surface area contributed by atoms with Crippen LogP contribution in [0.25, 0.3) is 10.9 Å². The Hall–Kier alpha value is -2.14. The smallest absolute Gasteiger partial charge is 0.261 e. The molecule has 0 bridgehead atoms. The van der Waals surface area contributed by atoms with Gasteiger partial charge in [0.25, 0.3) is 11.5 Å². The van der Waals surface area contributed by atoms with E-state index in [0.29, 0.717) is 13.1 Å². The molecule has 2 heterocycles. The summed E-state index contributed by atoms with van der Waals surface area (Å²) in [5.74, 6) is -0.187. The lowest BCUT2D eigenvalue weighted by Crippen LogP contribution is -2.47. The van der Waals surface area contributed by atoms with Crippen LogP contribution in [0, 0.1) is 0 Å². The highest BCUT2D eigenvalue weighted by Crippen LogP contribution is 2.11. The van der Waals surface area contributed by atoms with Crippen molar-refractivity contribution in [3.8, 4) is 0 Å². The van der Waals surface area contributed by atoms with Crippen LogP contribution < -0.4 is 10.9 Å². The van der Waals surface area contributed by atoms with Crippen molar-refractivity contribution in [1.82, 2.24) is 15.2 Å². The monoisotopic (exact) mass is 257 g/mol. The molecule has 5 heteroatoms. The summed E-state index contributed by atoms with van der Waals surface area (Å²) in [6.07, 6.45) is 0. The molecule has 1 aromatic carbocycles. The number of H-pyrrole nitrogens is 1. The number of piperazine rings is 1. The number of aromatic amines is 1. The highest BCUT2D eigenvalue weighted by atomic mass is 16.2. The molecule has 3 rings (SSSR count). The highest BCUT2D eigenvalue weighted by Gasteiger charge is 2.20. The Labute approximate surface area is 110 Å². The number of hydrogen-bond acceptors (Lipinski definition) is 3. The number of benzene rings is 1. The van der Waals surface area contributed by atoms with E-state index in [1.165, 1.54) is 0 Å². The number of hydrogen-bond donors (Lipinski definition) is 2. The van der Waals surface area contributed by atoms with Crippen molar-refractivity contribution in [2.45, 2.75) is 0 Å². The first-order valence-electron chi connectivity index (χ1n) is 6.38. The Bertz CT molecular complexity index is 672. The van der Waals surface area contributed by atoms with E-state index >= 15 is 0 Å². The van der Waals surface area contributed by atoms with Crippen LogP contribution in [0.2, 0.25) is 0 Å². The molecular formula is C14H15N3O2. The molecule has 0 atom stereocenters. The molecule has 0 radical (unpaired) electrons. The Kier molecular flexibility index (Phi) is 3.05. The van der Waals surface area contributed by atoms with E-state index in [2.05, 4.69) is 10.3 Å². The molecule has 0 aliphatic carbocycles. The average molecular weight is 257 g/mol. The first-order valence-corrected chi connectivity index (χ1v) is 6.38. The number of pyridine rings is 1. The standard InChI is InChI=1S/C14H15N3O2/c18-13-11(14(19)17-7-5-15-6-8-17)9-10-3-1-2-4-12(10)16-13/h1-4,9,15H,5-8H2,(H,16,18). The molecule has 0 saturated carbocycles. The Balaban J connectivity index is 2.01. The Morgan fingerprint density at radius 3 is 2.68 bits per heavy atom. The first-order chi connectivity index (χ1) is 9.25. The molecular weight excluding hydrogens is 242 g/mol. The second kappa shape index (κ2) is 4.85. The number of nitrogens with zero attached hydrogens (tertiary/aromatic N) is 1. The van der Waals surface area contributed by atoms with Gasteiger partial charge in [-0.05, 0) is 17.5 Å². The normalized spacial score (nSPS) is 15.7. The van der Waals surface area contributed by atoms with Gasteiger partial charge in [0.2, 0.25) is 0 Å². The van der Waals surface area contributed by atoms with Gasteiger partial charge in [0.1, 0.15) is 5.56 Å². The zero-order chi connectivity index (χ0) is 13.2. The van der Waals surface area contributed by atoms with E-state index < -0.39 is 0 Å². The average Bonchev–Trinajstić information content (AvgIpc) is 2.47. The quantitative estimate of drug-likeness (QED) is 0.785. The van der Waals surface area contributed by atoms with Gasteiger partial charge in [-0.3, -0.25) is 9.59 Å². The van der Waals surface area contributed by atoms with Gasteiger partial charge < -0.3 is 15.2 Å². The summed E-state index contributed by atoms with van der Waals surface area (Å²) in [6, 6.07) is 9.14. The van der Waals surface area contributed by atoms with Gasteiger partial charge in [0.15, 0.2) is 0 Å². The molecule has 2 N–H and O–H groups in total. The van der Waals surface area contributed by atoms with Crippen molar-refractivity contribution < 1.29 is 4.79 Å². The van der Waals surface area contributed by atoms with Crippen LogP contribution in [0.4, 0.5) is 0 Å². The molecule has 98 valence electrons. The lowest BCUT2D eigenvalue weighted by molar-refractivity contribution is 0.0734. The number of para-hydroxylation sites is 1. The van der Waals surface area contributed by atoms with E-state index in [-0.39, 0.29) is 17.0 Å². The molecule has 1 amide bonds. The fraction of sp³-hybridized carbons (Fsp3) is 0.286. The van der Waals surface area contributed by atoms with E-state index in [1.54, 1.807) is 11.0 Å². The van der Waals surface area contributed by atoms with Crippen molar-refractivity contribution in [2.24, 2.45) is 0 Å². The minimum atomic E-state index is -0.317. The number of amides is 1. The van der Waals surface area contributed by atoms with Gasteiger partial charge in [-0.25, -0.2) is 0 Å². The third kappa shape index (κ3) is 2.24. The maximum Gasteiger partial charge on any atom is 0.261 e. The van der Waals surface area contributed by atoms with E-state index in [0.717, 1.165) is 24.0 Å². The van der Waals surface area contributed by atoms with Gasteiger partial charge >= 0.3 is 0 Å². The number of carbonyl (C=O) groups is 1. The van der Waals surface area contributed by atoms with Crippen LogP contribution in [0.15, 0.2) is 35.1 Å². The van der Waals surface area contributed by atoms with E-state index in [1.807, 2.05) is 24.3 Å². The molecule has 0 unspecified atom stereocenters. The second-order valence-corrected chi connectivity index (χ2v) is 4.64. The molecule has 2 aromatic rings. The molecule has 1 saturated heterocycles. The van der Waals surface area contributed by atoms with Crippen LogP contribution in [0.5, 0.6) is 0 Å². The van der Waals surface area contributed by atoms with Gasteiger partial charge in [-0.1, -0.05) is 18.2 Å². The van der Waals surface area contributed by atoms with Crippen molar-refractivity contribution in [1.29, 1.82) is 0 Å². The van der Waals surface area contributed by atoms with Gasteiger partial charge in [-0.2, -0.15) is 0 Å². The minimum Gasteiger partial charge on any atom is -0.336 e. The van der Waals surface area contributed by atoms with Crippen molar-refractivity contribution >= 4 is 16.8 Å².